The maximum Gasteiger partial charge on any atom is 0.220 e. The second kappa shape index (κ2) is 10.4. The van der Waals surface area contributed by atoms with Gasteiger partial charge in [0.2, 0.25) is 5.91 Å². The fourth-order valence-electron chi connectivity index (χ4n) is 3.27. The van der Waals surface area contributed by atoms with Crippen LogP contribution in [0.3, 0.4) is 0 Å². The first-order valence-corrected chi connectivity index (χ1v) is 9.89. The van der Waals surface area contributed by atoms with Gasteiger partial charge in [-0.2, -0.15) is 0 Å². The van der Waals surface area contributed by atoms with Gasteiger partial charge in [-0.3, -0.25) is 9.69 Å². The molecule has 1 aliphatic rings. The highest BCUT2D eigenvalue weighted by molar-refractivity contribution is 5.75. The molecule has 1 aromatic carbocycles. The van der Waals surface area contributed by atoms with Gasteiger partial charge < -0.3 is 14.8 Å². The van der Waals surface area contributed by atoms with Gasteiger partial charge in [0.25, 0.3) is 0 Å². The summed E-state index contributed by atoms with van der Waals surface area (Å²) in [5.74, 6) is 1.58. The van der Waals surface area contributed by atoms with E-state index in [0.29, 0.717) is 32.6 Å². The molecule has 0 radical (unpaired) electrons. The molecule has 0 atom stereocenters. The van der Waals surface area contributed by atoms with Gasteiger partial charge in [0.1, 0.15) is 0 Å². The maximum absolute atomic E-state index is 12.1. The van der Waals surface area contributed by atoms with Crippen molar-refractivity contribution in [1.82, 2.24) is 10.2 Å². The first kappa shape index (κ1) is 20.6. The summed E-state index contributed by atoms with van der Waals surface area (Å²) in [5.41, 5.74) is 0.0169. The molecule has 26 heavy (non-hydrogen) atoms. The summed E-state index contributed by atoms with van der Waals surface area (Å²) in [6.07, 6.45) is 5.02. The van der Waals surface area contributed by atoms with Crippen molar-refractivity contribution in [2.45, 2.75) is 58.4 Å². The van der Waals surface area contributed by atoms with Crippen molar-refractivity contribution in [3.8, 4) is 11.5 Å². The van der Waals surface area contributed by atoms with Crippen molar-refractivity contribution in [2.24, 2.45) is 0 Å². The molecule has 5 nitrogen and oxygen atoms in total. The van der Waals surface area contributed by atoms with E-state index < -0.39 is 0 Å². The minimum absolute atomic E-state index is 0.0169. The SMILES string of the molecule is CCOc1ccccc1OCCCC(=O)NCC(C)(C)N1CCCCC1. The van der Waals surface area contributed by atoms with Gasteiger partial charge in [0.15, 0.2) is 11.5 Å². The van der Waals surface area contributed by atoms with E-state index in [1.807, 2.05) is 31.2 Å². The highest BCUT2D eigenvalue weighted by atomic mass is 16.5. The number of hydrogen-bond acceptors (Lipinski definition) is 4. The van der Waals surface area contributed by atoms with Crippen LogP contribution in [0, 0.1) is 0 Å². The first-order chi connectivity index (χ1) is 12.5. The zero-order chi connectivity index (χ0) is 18.8. The summed E-state index contributed by atoms with van der Waals surface area (Å²) in [5, 5.41) is 3.09. The Morgan fingerprint density at radius 3 is 2.42 bits per heavy atom. The number of hydrogen-bond donors (Lipinski definition) is 1. The topological polar surface area (TPSA) is 50.8 Å². The first-order valence-electron chi connectivity index (χ1n) is 9.89. The minimum Gasteiger partial charge on any atom is -0.490 e. The molecule has 1 saturated heterocycles. The Kier molecular flexibility index (Phi) is 8.23. The number of rotatable bonds is 10. The number of carbonyl (C=O) groups is 1. The molecule has 0 saturated carbocycles. The molecule has 0 bridgehead atoms. The highest BCUT2D eigenvalue weighted by Crippen LogP contribution is 2.26. The quantitative estimate of drug-likeness (QED) is 0.646. The number of likely N-dealkylation sites (tertiary alicyclic amines) is 1. The van der Waals surface area contributed by atoms with Crippen LogP contribution in [-0.4, -0.2) is 49.2 Å². The van der Waals surface area contributed by atoms with Crippen molar-refractivity contribution in [2.75, 3.05) is 32.8 Å². The number of piperidine rings is 1. The smallest absolute Gasteiger partial charge is 0.220 e. The molecule has 2 rings (SSSR count). The molecule has 0 unspecified atom stereocenters. The number of benzene rings is 1. The molecule has 1 N–H and O–H groups in total. The van der Waals surface area contributed by atoms with Crippen LogP contribution < -0.4 is 14.8 Å². The lowest BCUT2D eigenvalue weighted by atomic mass is 9.98. The second-order valence-corrected chi connectivity index (χ2v) is 7.47. The summed E-state index contributed by atoms with van der Waals surface area (Å²) in [7, 11) is 0. The summed E-state index contributed by atoms with van der Waals surface area (Å²) >= 11 is 0. The van der Waals surface area contributed by atoms with E-state index in [0.717, 1.165) is 24.6 Å². The van der Waals surface area contributed by atoms with E-state index in [4.69, 9.17) is 9.47 Å². The Morgan fingerprint density at radius 2 is 1.77 bits per heavy atom. The molecule has 146 valence electrons. The lowest BCUT2D eigenvalue weighted by molar-refractivity contribution is -0.121. The van der Waals surface area contributed by atoms with Crippen LogP contribution in [0.4, 0.5) is 0 Å². The van der Waals surface area contributed by atoms with Crippen LogP contribution in [0.15, 0.2) is 24.3 Å². The van der Waals surface area contributed by atoms with Crippen molar-refractivity contribution >= 4 is 5.91 Å². The van der Waals surface area contributed by atoms with Crippen LogP contribution in [0.5, 0.6) is 11.5 Å². The molecule has 0 aliphatic carbocycles. The summed E-state index contributed by atoms with van der Waals surface area (Å²) in [6, 6.07) is 7.64. The molecular weight excluding hydrogens is 328 g/mol. The number of para-hydroxylation sites is 2. The second-order valence-electron chi connectivity index (χ2n) is 7.47. The minimum atomic E-state index is 0.0169. The summed E-state index contributed by atoms with van der Waals surface area (Å²) < 4.78 is 11.3. The normalized spacial score (nSPS) is 15.5. The van der Waals surface area contributed by atoms with E-state index in [1.54, 1.807) is 0 Å². The summed E-state index contributed by atoms with van der Waals surface area (Å²) in [6.45, 7) is 10.5. The van der Waals surface area contributed by atoms with E-state index >= 15 is 0 Å². The zero-order valence-electron chi connectivity index (χ0n) is 16.6. The molecule has 0 aromatic heterocycles. The molecule has 1 fully saturated rings. The standard InChI is InChI=1S/C21H34N2O3/c1-4-25-18-11-6-7-12-19(18)26-16-10-13-20(24)22-17-21(2,3)23-14-8-5-9-15-23/h6-7,11-12H,4-5,8-10,13-17H2,1-3H3,(H,22,24). The lowest BCUT2D eigenvalue weighted by Crippen LogP contribution is -2.53. The Hall–Kier alpha value is -1.75. The van der Waals surface area contributed by atoms with E-state index in [9.17, 15) is 4.79 Å². The van der Waals surface area contributed by atoms with Crippen molar-refractivity contribution in [1.29, 1.82) is 0 Å². The third kappa shape index (κ3) is 6.52. The highest BCUT2D eigenvalue weighted by Gasteiger charge is 2.28. The van der Waals surface area contributed by atoms with Gasteiger partial charge in [-0.25, -0.2) is 0 Å². The van der Waals surface area contributed by atoms with Crippen molar-refractivity contribution in [3.63, 3.8) is 0 Å². The average molecular weight is 363 g/mol. The van der Waals surface area contributed by atoms with Crippen LogP contribution in [0.25, 0.3) is 0 Å². The van der Waals surface area contributed by atoms with Crippen LogP contribution in [0.1, 0.15) is 52.9 Å². The van der Waals surface area contributed by atoms with Crippen molar-refractivity contribution in [3.05, 3.63) is 24.3 Å². The van der Waals surface area contributed by atoms with E-state index in [1.165, 1.54) is 19.3 Å². The number of nitrogens with one attached hydrogen (secondary N) is 1. The Morgan fingerprint density at radius 1 is 1.12 bits per heavy atom. The van der Waals surface area contributed by atoms with Gasteiger partial charge >= 0.3 is 0 Å². The Bertz CT molecular complexity index is 554. The predicted molar refractivity (Wildman–Crippen MR) is 105 cm³/mol. The van der Waals surface area contributed by atoms with E-state index in [2.05, 4.69) is 24.1 Å². The molecular formula is C21H34N2O3. The summed E-state index contributed by atoms with van der Waals surface area (Å²) in [4.78, 5) is 14.6. The Balaban J connectivity index is 1.66. The number of carbonyl (C=O) groups excluding carboxylic acids is 1. The number of nitrogens with zero attached hydrogens (tertiary/aromatic N) is 1. The van der Waals surface area contributed by atoms with Crippen LogP contribution >= 0.6 is 0 Å². The molecule has 1 aromatic rings. The van der Waals surface area contributed by atoms with E-state index in [-0.39, 0.29) is 11.4 Å². The number of ether oxygens (including phenoxy) is 2. The zero-order valence-corrected chi connectivity index (χ0v) is 16.6. The monoisotopic (exact) mass is 362 g/mol. The molecule has 1 aliphatic heterocycles. The third-order valence-electron chi connectivity index (χ3n) is 4.89. The number of amides is 1. The van der Waals surface area contributed by atoms with Crippen molar-refractivity contribution < 1.29 is 14.3 Å². The fraction of sp³-hybridized carbons (Fsp3) is 0.667. The molecule has 1 heterocycles. The Labute approximate surface area is 158 Å². The van der Waals surface area contributed by atoms with Gasteiger partial charge in [0, 0.05) is 18.5 Å². The third-order valence-corrected chi connectivity index (χ3v) is 4.89. The predicted octanol–water partition coefficient (Wildman–Crippen LogP) is 3.63. The van der Waals surface area contributed by atoms with Gasteiger partial charge in [0.05, 0.1) is 13.2 Å². The molecule has 1 amide bonds. The fourth-order valence-corrected chi connectivity index (χ4v) is 3.27. The maximum atomic E-state index is 12.1. The van der Waals surface area contributed by atoms with Crippen LogP contribution in [0.2, 0.25) is 0 Å². The largest absolute Gasteiger partial charge is 0.490 e. The molecule has 0 spiro atoms. The van der Waals surface area contributed by atoms with Crippen LogP contribution in [-0.2, 0) is 4.79 Å². The van der Waals surface area contributed by atoms with Gasteiger partial charge in [-0.1, -0.05) is 18.6 Å². The average Bonchev–Trinajstić information content (AvgIpc) is 2.66. The lowest BCUT2D eigenvalue weighted by Gasteiger charge is -2.41. The van der Waals surface area contributed by atoms with Gasteiger partial charge in [-0.05, 0) is 65.3 Å². The molecule has 5 heteroatoms. The van der Waals surface area contributed by atoms with Gasteiger partial charge in [-0.15, -0.1) is 0 Å².